The molecule has 1 aromatic heterocycles. The number of fused-ring (bicyclic) bond motifs is 1. The van der Waals surface area contributed by atoms with Crippen LogP contribution >= 0.6 is 22.6 Å². The Hall–Kier alpha value is -1.32. The summed E-state index contributed by atoms with van der Waals surface area (Å²) in [5.41, 5.74) is 0.228. The number of rotatable bonds is 6. The molecule has 0 aliphatic rings. The van der Waals surface area contributed by atoms with E-state index >= 15 is 0 Å². The van der Waals surface area contributed by atoms with E-state index in [1.807, 2.05) is 22.6 Å². The largest absolute Gasteiger partial charge is 0.467 e. The van der Waals surface area contributed by atoms with Gasteiger partial charge in [-0.3, -0.25) is 4.79 Å². The Labute approximate surface area is 128 Å². The van der Waals surface area contributed by atoms with Crippen LogP contribution in [0.1, 0.15) is 0 Å². The van der Waals surface area contributed by atoms with Crippen molar-refractivity contribution in [2.24, 2.45) is 0 Å². The Bertz CT molecular complexity index is 651. The van der Waals surface area contributed by atoms with Crippen LogP contribution in [0.15, 0.2) is 27.6 Å². The zero-order valence-corrected chi connectivity index (χ0v) is 13.1. The highest BCUT2D eigenvalue weighted by molar-refractivity contribution is 14.1. The van der Waals surface area contributed by atoms with Gasteiger partial charge in [0.25, 0.3) is 0 Å². The average Bonchev–Trinajstić information content (AvgIpc) is 2.46. The van der Waals surface area contributed by atoms with E-state index in [1.54, 1.807) is 12.1 Å². The van der Waals surface area contributed by atoms with Crippen molar-refractivity contribution in [1.29, 1.82) is 0 Å². The fraction of sp³-hybridized carbons (Fsp3) is 0.308. The maximum Gasteiger partial charge on any atom is 0.209 e. The van der Waals surface area contributed by atoms with Gasteiger partial charge in [0.15, 0.2) is 13.6 Å². The van der Waals surface area contributed by atoms with Gasteiger partial charge in [0, 0.05) is 26.4 Å². The van der Waals surface area contributed by atoms with Crippen molar-refractivity contribution >= 4 is 33.6 Å². The molecule has 0 unspecified atom stereocenters. The molecule has 0 radical (unpaired) electrons. The molecule has 0 amide bonds. The Kier molecular flexibility index (Phi) is 5.21. The molecular weight excluding hydrogens is 379 g/mol. The maximum absolute atomic E-state index is 12.2. The Balaban J connectivity index is 2.55. The summed E-state index contributed by atoms with van der Waals surface area (Å²) in [5, 5.41) is 0.360. The average molecular weight is 392 g/mol. The smallest absolute Gasteiger partial charge is 0.209 e. The van der Waals surface area contributed by atoms with Gasteiger partial charge in [-0.15, -0.1) is 0 Å². The first-order chi connectivity index (χ1) is 9.67. The van der Waals surface area contributed by atoms with Gasteiger partial charge in [-0.25, -0.2) is 0 Å². The van der Waals surface area contributed by atoms with Crippen molar-refractivity contribution < 1.29 is 23.4 Å². The lowest BCUT2D eigenvalue weighted by molar-refractivity contribution is 0.0467. The highest BCUT2D eigenvalue weighted by Gasteiger charge is 2.14. The molecule has 108 valence electrons. The molecule has 7 heteroatoms. The van der Waals surface area contributed by atoms with Crippen molar-refractivity contribution in [3.05, 3.63) is 32.2 Å². The predicted octanol–water partition coefficient (Wildman–Crippen LogP) is 2.36. The zero-order valence-electron chi connectivity index (χ0n) is 11.0. The number of hydrogen-bond acceptors (Lipinski definition) is 6. The summed E-state index contributed by atoms with van der Waals surface area (Å²) in [5.74, 6) is 0.831. The van der Waals surface area contributed by atoms with E-state index in [9.17, 15) is 4.79 Å². The topological polar surface area (TPSA) is 67.1 Å². The Morgan fingerprint density at radius 2 is 1.85 bits per heavy atom. The molecule has 0 N–H and O–H groups in total. The van der Waals surface area contributed by atoms with Crippen LogP contribution in [-0.4, -0.2) is 27.8 Å². The minimum Gasteiger partial charge on any atom is -0.467 e. The fourth-order valence-electron chi connectivity index (χ4n) is 1.62. The second-order valence-corrected chi connectivity index (χ2v) is 4.97. The minimum absolute atomic E-state index is 0.0216. The summed E-state index contributed by atoms with van der Waals surface area (Å²) in [4.78, 5) is 12.2. The normalized spacial score (nSPS) is 10.8. The Morgan fingerprint density at radius 3 is 2.55 bits per heavy atom. The zero-order chi connectivity index (χ0) is 14.5. The second kappa shape index (κ2) is 6.91. The van der Waals surface area contributed by atoms with Gasteiger partial charge in [0.1, 0.15) is 28.7 Å². The van der Waals surface area contributed by atoms with Gasteiger partial charge in [0.05, 0.1) is 3.57 Å². The molecule has 0 saturated heterocycles. The van der Waals surface area contributed by atoms with Crippen molar-refractivity contribution in [3.8, 4) is 11.5 Å². The van der Waals surface area contributed by atoms with E-state index in [2.05, 4.69) is 0 Å². The molecule has 20 heavy (non-hydrogen) atoms. The number of methoxy groups -OCH3 is 2. The highest BCUT2D eigenvalue weighted by atomic mass is 127. The van der Waals surface area contributed by atoms with Crippen molar-refractivity contribution in [2.45, 2.75) is 0 Å². The number of halogens is 1. The summed E-state index contributed by atoms with van der Waals surface area (Å²) >= 11 is 1.91. The van der Waals surface area contributed by atoms with E-state index in [1.165, 1.54) is 20.5 Å². The van der Waals surface area contributed by atoms with E-state index in [4.69, 9.17) is 23.4 Å². The predicted molar refractivity (Wildman–Crippen MR) is 80.2 cm³/mol. The van der Waals surface area contributed by atoms with E-state index in [0.29, 0.717) is 26.0 Å². The van der Waals surface area contributed by atoms with Crippen LogP contribution in [0.2, 0.25) is 0 Å². The number of ether oxygens (including phenoxy) is 4. The molecule has 2 rings (SSSR count). The molecule has 1 heterocycles. The van der Waals surface area contributed by atoms with Gasteiger partial charge in [-0.05, 0) is 22.6 Å². The first-order valence-corrected chi connectivity index (χ1v) is 6.73. The van der Waals surface area contributed by atoms with E-state index < -0.39 is 0 Å². The summed E-state index contributed by atoms with van der Waals surface area (Å²) in [6.45, 7) is 0.109. The molecule has 2 aromatic rings. The quantitative estimate of drug-likeness (QED) is 0.556. The van der Waals surface area contributed by atoms with E-state index in [0.717, 1.165) is 0 Å². The van der Waals surface area contributed by atoms with Crippen molar-refractivity contribution in [3.63, 3.8) is 0 Å². The van der Waals surface area contributed by atoms with Crippen LogP contribution in [0.3, 0.4) is 0 Å². The van der Waals surface area contributed by atoms with Crippen molar-refractivity contribution in [2.75, 3.05) is 27.8 Å². The van der Waals surface area contributed by atoms with Crippen LogP contribution in [0.4, 0.5) is 0 Å². The highest BCUT2D eigenvalue weighted by Crippen LogP contribution is 2.30. The van der Waals surface area contributed by atoms with Crippen LogP contribution in [0.5, 0.6) is 11.5 Å². The molecule has 0 aliphatic carbocycles. The molecule has 0 bridgehead atoms. The van der Waals surface area contributed by atoms with Gasteiger partial charge in [0.2, 0.25) is 5.43 Å². The molecule has 0 saturated carbocycles. The molecule has 1 aromatic carbocycles. The lowest BCUT2D eigenvalue weighted by Gasteiger charge is -2.11. The standard InChI is InChI=1S/C13H13IO6/c1-16-6-19-8-3-10-12(11(4-8)20-7-17-2)13(15)9(14)5-18-10/h3-5H,6-7H2,1-2H3. The van der Waals surface area contributed by atoms with Gasteiger partial charge >= 0.3 is 0 Å². The summed E-state index contributed by atoms with van der Waals surface area (Å²) < 4.78 is 26.4. The third-order valence-electron chi connectivity index (χ3n) is 2.45. The minimum atomic E-state index is -0.156. The maximum atomic E-state index is 12.2. The van der Waals surface area contributed by atoms with E-state index in [-0.39, 0.29) is 19.0 Å². The molecular formula is C13H13IO6. The van der Waals surface area contributed by atoms with Gasteiger partial charge < -0.3 is 23.4 Å². The SMILES string of the molecule is COCOc1cc(OCOC)c2c(=O)c(I)coc2c1. The monoisotopic (exact) mass is 392 g/mol. The summed E-state index contributed by atoms with van der Waals surface area (Å²) in [7, 11) is 3.02. The van der Waals surface area contributed by atoms with Gasteiger partial charge in [-0.2, -0.15) is 0 Å². The first-order valence-electron chi connectivity index (χ1n) is 5.66. The lowest BCUT2D eigenvalue weighted by atomic mass is 10.2. The number of hydrogen-bond donors (Lipinski definition) is 0. The molecule has 0 atom stereocenters. The molecule has 0 aliphatic heterocycles. The number of benzene rings is 1. The van der Waals surface area contributed by atoms with Crippen LogP contribution < -0.4 is 14.9 Å². The third-order valence-corrected chi connectivity index (χ3v) is 3.19. The molecule has 0 fully saturated rings. The van der Waals surface area contributed by atoms with Crippen LogP contribution in [0, 0.1) is 3.57 Å². The van der Waals surface area contributed by atoms with Crippen LogP contribution in [0.25, 0.3) is 11.0 Å². The summed E-state index contributed by atoms with van der Waals surface area (Å²) in [6.07, 6.45) is 1.39. The lowest BCUT2D eigenvalue weighted by Crippen LogP contribution is -2.09. The molecule has 0 spiro atoms. The third kappa shape index (κ3) is 3.22. The molecule has 6 nitrogen and oxygen atoms in total. The van der Waals surface area contributed by atoms with Gasteiger partial charge in [-0.1, -0.05) is 0 Å². The summed E-state index contributed by atoms with van der Waals surface area (Å²) in [6, 6.07) is 3.22. The first kappa shape index (κ1) is 15.1. The van der Waals surface area contributed by atoms with Crippen molar-refractivity contribution in [1.82, 2.24) is 0 Å². The fourth-order valence-corrected chi connectivity index (χ4v) is 2.01. The van der Waals surface area contributed by atoms with Crippen LogP contribution in [-0.2, 0) is 9.47 Å². The Morgan fingerprint density at radius 1 is 1.15 bits per heavy atom. The second-order valence-electron chi connectivity index (χ2n) is 3.81.